The van der Waals surface area contributed by atoms with Gasteiger partial charge in [-0.05, 0) is 25.5 Å². The van der Waals surface area contributed by atoms with Crippen molar-refractivity contribution in [1.29, 1.82) is 0 Å². The van der Waals surface area contributed by atoms with E-state index in [4.69, 9.17) is 11.6 Å². The van der Waals surface area contributed by atoms with Crippen molar-refractivity contribution in [1.82, 2.24) is 14.1 Å². The number of pyridine rings is 1. The molecule has 2 N–H and O–H groups in total. The minimum atomic E-state index is -3.90. The lowest BCUT2D eigenvalue weighted by Gasteiger charge is -2.26. The van der Waals surface area contributed by atoms with Crippen molar-refractivity contribution < 1.29 is 13.5 Å². The highest BCUT2D eigenvalue weighted by Gasteiger charge is 2.32. The SMILES string of the molecule is CCC(C)(CO)NS(=O)(=O)c1c(Cl)nc2ccccn12. The van der Waals surface area contributed by atoms with Gasteiger partial charge in [0.2, 0.25) is 0 Å². The van der Waals surface area contributed by atoms with Crippen LogP contribution in [0.2, 0.25) is 5.15 Å². The molecular weight excluding hydrogens is 302 g/mol. The number of aromatic nitrogens is 2. The minimum absolute atomic E-state index is 0.0971. The molecule has 110 valence electrons. The van der Waals surface area contributed by atoms with Gasteiger partial charge < -0.3 is 5.11 Å². The maximum absolute atomic E-state index is 12.5. The van der Waals surface area contributed by atoms with Gasteiger partial charge in [0.1, 0.15) is 5.65 Å². The Morgan fingerprint density at radius 1 is 1.50 bits per heavy atom. The normalized spacial score (nSPS) is 15.4. The molecular formula is C12H16ClN3O3S. The topological polar surface area (TPSA) is 83.7 Å². The van der Waals surface area contributed by atoms with Crippen molar-refractivity contribution in [3.05, 3.63) is 29.5 Å². The van der Waals surface area contributed by atoms with E-state index in [0.29, 0.717) is 12.1 Å². The fourth-order valence-corrected chi connectivity index (χ4v) is 3.89. The van der Waals surface area contributed by atoms with Crippen LogP contribution < -0.4 is 4.72 Å². The standard InChI is InChI=1S/C12H16ClN3O3S/c1-3-12(2,8-17)15-20(18,19)11-10(13)14-9-6-4-5-7-16(9)11/h4-7,15,17H,3,8H2,1-2H3. The molecule has 0 radical (unpaired) electrons. The van der Waals surface area contributed by atoms with Gasteiger partial charge >= 0.3 is 0 Å². The third-order valence-electron chi connectivity index (χ3n) is 3.21. The van der Waals surface area contributed by atoms with Crippen LogP contribution in [0.1, 0.15) is 20.3 Å². The molecule has 0 spiro atoms. The number of aliphatic hydroxyl groups is 1. The molecule has 0 saturated heterocycles. The molecule has 0 aliphatic heterocycles. The van der Waals surface area contributed by atoms with Gasteiger partial charge in [-0.15, -0.1) is 0 Å². The summed E-state index contributed by atoms with van der Waals surface area (Å²) in [4.78, 5) is 4.01. The zero-order chi connectivity index (χ0) is 15.0. The number of nitrogens with zero attached hydrogens (tertiary/aromatic N) is 2. The molecule has 0 fully saturated rings. The van der Waals surface area contributed by atoms with Gasteiger partial charge in [-0.25, -0.2) is 18.1 Å². The summed E-state index contributed by atoms with van der Waals surface area (Å²) in [6, 6.07) is 5.09. The first-order valence-electron chi connectivity index (χ1n) is 6.10. The second kappa shape index (κ2) is 5.33. The molecule has 1 unspecified atom stereocenters. The quantitative estimate of drug-likeness (QED) is 0.873. The molecule has 6 nitrogen and oxygen atoms in total. The minimum Gasteiger partial charge on any atom is -0.394 e. The Morgan fingerprint density at radius 3 is 2.80 bits per heavy atom. The van der Waals surface area contributed by atoms with Crippen molar-refractivity contribution in [2.45, 2.75) is 30.8 Å². The van der Waals surface area contributed by atoms with Crippen molar-refractivity contribution in [3.8, 4) is 0 Å². The van der Waals surface area contributed by atoms with Crippen LogP contribution in [0.25, 0.3) is 5.65 Å². The molecule has 2 aromatic heterocycles. The molecule has 0 saturated carbocycles. The number of rotatable bonds is 5. The van der Waals surface area contributed by atoms with Crippen LogP contribution in [0.3, 0.4) is 0 Å². The summed E-state index contributed by atoms with van der Waals surface area (Å²) < 4.78 is 28.9. The van der Waals surface area contributed by atoms with E-state index >= 15 is 0 Å². The maximum Gasteiger partial charge on any atom is 0.260 e. The second-order valence-electron chi connectivity index (χ2n) is 4.81. The zero-order valence-electron chi connectivity index (χ0n) is 11.2. The first kappa shape index (κ1) is 15.2. The summed E-state index contributed by atoms with van der Waals surface area (Å²) in [6.07, 6.45) is 2.02. The summed E-state index contributed by atoms with van der Waals surface area (Å²) >= 11 is 5.95. The summed E-state index contributed by atoms with van der Waals surface area (Å²) in [7, 11) is -3.90. The molecule has 0 aromatic carbocycles. The largest absolute Gasteiger partial charge is 0.394 e. The van der Waals surface area contributed by atoms with Crippen LogP contribution in [0.15, 0.2) is 29.4 Å². The summed E-state index contributed by atoms with van der Waals surface area (Å²) in [5.74, 6) is 0. The molecule has 0 aliphatic rings. The van der Waals surface area contributed by atoms with Crippen molar-refractivity contribution in [2.24, 2.45) is 0 Å². The molecule has 2 aromatic rings. The lowest BCUT2D eigenvalue weighted by molar-refractivity contribution is 0.191. The molecule has 20 heavy (non-hydrogen) atoms. The molecule has 0 bridgehead atoms. The Hall–Kier alpha value is -1.15. The molecule has 0 amide bonds. The third kappa shape index (κ3) is 2.67. The Kier molecular flexibility index (Phi) is 4.06. The first-order valence-corrected chi connectivity index (χ1v) is 7.96. The van der Waals surface area contributed by atoms with E-state index in [9.17, 15) is 13.5 Å². The molecule has 1 atom stereocenters. The predicted molar refractivity (Wildman–Crippen MR) is 76.3 cm³/mol. The van der Waals surface area contributed by atoms with E-state index in [0.717, 1.165) is 0 Å². The number of sulfonamides is 1. The summed E-state index contributed by atoms with van der Waals surface area (Å²) in [6.45, 7) is 3.10. The van der Waals surface area contributed by atoms with Crippen LogP contribution in [0.4, 0.5) is 0 Å². The van der Waals surface area contributed by atoms with E-state index < -0.39 is 15.6 Å². The number of imidazole rings is 1. The van der Waals surface area contributed by atoms with Crippen molar-refractivity contribution in [3.63, 3.8) is 0 Å². The third-order valence-corrected chi connectivity index (χ3v) is 5.25. The zero-order valence-corrected chi connectivity index (χ0v) is 12.7. The number of fused-ring (bicyclic) bond motifs is 1. The average Bonchev–Trinajstić information content (AvgIpc) is 2.74. The average molecular weight is 318 g/mol. The predicted octanol–water partition coefficient (Wildman–Crippen LogP) is 1.43. The van der Waals surface area contributed by atoms with Gasteiger partial charge in [0.15, 0.2) is 10.2 Å². The first-order chi connectivity index (χ1) is 9.33. The van der Waals surface area contributed by atoms with Gasteiger partial charge in [0, 0.05) is 6.20 Å². The lowest BCUT2D eigenvalue weighted by Crippen LogP contribution is -2.48. The Labute approximate surface area is 122 Å². The lowest BCUT2D eigenvalue weighted by atomic mass is 10.0. The number of aliphatic hydroxyl groups excluding tert-OH is 1. The van der Waals surface area contributed by atoms with Gasteiger partial charge in [-0.2, -0.15) is 0 Å². The van der Waals surface area contributed by atoms with Crippen LogP contribution >= 0.6 is 11.6 Å². The van der Waals surface area contributed by atoms with Gasteiger partial charge in [-0.3, -0.25) is 4.40 Å². The van der Waals surface area contributed by atoms with E-state index in [2.05, 4.69) is 9.71 Å². The number of halogens is 1. The highest BCUT2D eigenvalue weighted by molar-refractivity contribution is 7.89. The van der Waals surface area contributed by atoms with E-state index in [-0.39, 0.29) is 16.8 Å². The van der Waals surface area contributed by atoms with Crippen molar-refractivity contribution in [2.75, 3.05) is 6.61 Å². The van der Waals surface area contributed by atoms with Crippen molar-refractivity contribution >= 4 is 27.3 Å². The highest BCUT2D eigenvalue weighted by Crippen LogP contribution is 2.24. The fraction of sp³-hybridized carbons (Fsp3) is 0.417. The maximum atomic E-state index is 12.5. The number of hydrogen-bond donors (Lipinski definition) is 2. The van der Waals surface area contributed by atoms with Gasteiger partial charge in [-0.1, -0.05) is 24.6 Å². The van der Waals surface area contributed by atoms with E-state index in [1.54, 1.807) is 38.2 Å². The molecule has 2 heterocycles. The fourth-order valence-electron chi connectivity index (χ4n) is 1.77. The second-order valence-corrected chi connectivity index (χ2v) is 6.77. The Morgan fingerprint density at radius 2 is 2.20 bits per heavy atom. The van der Waals surface area contributed by atoms with Crippen LogP contribution in [-0.2, 0) is 10.0 Å². The Bertz CT molecular complexity index is 723. The molecule has 0 aliphatic carbocycles. The highest BCUT2D eigenvalue weighted by atomic mass is 35.5. The van der Waals surface area contributed by atoms with Crippen LogP contribution in [0, 0.1) is 0 Å². The van der Waals surface area contributed by atoms with Gasteiger partial charge in [0.05, 0.1) is 12.1 Å². The summed E-state index contributed by atoms with van der Waals surface area (Å²) in [5.41, 5.74) is -0.499. The molecule has 8 heteroatoms. The van der Waals surface area contributed by atoms with E-state index in [1.165, 1.54) is 4.40 Å². The molecule has 2 rings (SSSR count). The van der Waals surface area contributed by atoms with Crippen LogP contribution in [0.5, 0.6) is 0 Å². The van der Waals surface area contributed by atoms with Crippen LogP contribution in [-0.4, -0.2) is 35.1 Å². The summed E-state index contributed by atoms with van der Waals surface area (Å²) in [5, 5.41) is 9.13. The number of hydrogen-bond acceptors (Lipinski definition) is 4. The smallest absolute Gasteiger partial charge is 0.260 e. The van der Waals surface area contributed by atoms with E-state index in [1.807, 2.05) is 0 Å². The Balaban J connectivity index is 2.55. The monoisotopic (exact) mass is 317 g/mol. The van der Waals surface area contributed by atoms with Gasteiger partial charge in [0.25, 0.3) is 10.0 Å². The number of nitrogens with one attached hydrogen (secondary N) is 1.